The second kappa shape index (κ2) is 5.60. The van der Waals surface area contributed by atoms with Crippen LogP contribution in [-0.2, 0) is 10.5 Å². The molecule has 78 valence electrons. The zero-order chi connectivity index (χ0) is 10.6. The number of halogens is 1. The van der Waals surface area contributed by atoms with Gasteiger partial charge in [-0.1, -0.05) is 11.6 Å². The van der Waals surface area contributed by atoms with Gasteiger partial charge in [0.05, 0.1) is 16.1 Å². The maximum Gasteiger partial charge on any atom is 0.134 e. The van der Waals surface area contributed by atoms with Gasteiger partial charge in [0.15, 0.2) is 0 Å². The fraction of sp³-hybridized carbons (Fsp3) is 0.375. The number of rotatable bonds is 5. The van der Waals surface area contributed by atoms with Crippen LogP contribution in [-0.4, -0.2) is 17.8 Å². The highest BCUT2D eigenvalue weighted by Crippen LogP contribution is 2.25. The second-order valence-corrected chi connectivity index (χ2v) is 5.57. The van der Waals surface area contributed by atoms with Crippen molar-refractivity contribution >= 4 is 40.7 Å². The van der Waals surface area contributed by atoms with E-state index in [-0.39, 0.29) is 0 Å². The first kappa shape index (κ1) is 11.8. The van der Waals surface area contributed by atoms with Gasteiger partial charge >= 0.3 is 0 Å². The van der Waals surface area contributed by atoms with Crippen LogP contribution in [0.5, 0.6) is 0 Å². The molecule has 14 heavy (non-hydrogen) atoms. The van der Waals surface area contributed by atoms with E-state index in [1.54, 1.807) is 0 Å². The predicted molar refractivity (Wildman–Crippen MR) is 57.2 cm³/mol. The molecular formula is C8H10ClNO2S2. The van der Waals surface area contributed by atoms with Gasteiger partial charge in [0, 0.05) is 10.6 Å². The largest absolute Gasteiger partial charge is 0.544 e. The van der Waals surface area contributed by atoms with E-state index in [2.05, 4.69) is 5.73 Å². The highest BCUT2D eigenvalue weighted by atomic mass is 35.5. The summed E-state index contributed by atoms with van der Waals surface area (Å²) in [6.45, 7) is 0. The Kier molecular flexibility index (Phi) is 4.74. The summed E-state index contributed by atoms with van der Waals surface area (Å²) in [7, 11) is 0. The van der Waals surface area contributed by atoms with Crippen LogP contribution >= 0.6 is 34.7 Å². The summed E-state index contributed by atoms with van der Waals surface area (Å²) >= 11 is 8.78. The molecular weight excluding hydrogens is 242 g/mol. The number of hydrogen-bond acceptors (Lipinski definition) is 4. The third-order valence-corrected chi connectivity index (χ3v) is 4.09. The Morgan fingerprint density at radius 1 is 1.71 bits per heavy atom. The summed E-state index contributed by atoms with van der Waals surface area (Å²) in [5.41, 5.74) is 3.47. The summed E-state index contributed by atoms with van der Waals surface area (Å²) in [5.74, 6) is 0.149. The maximum atomic E-state index is 10.3. The molecule has 0 bridgehead atoms. The summed E-state index contributed by atoms with van der Waals surface area (Å²) < 4.78 is 0.756. The topological polar surface area (TPSA) is 67.8 Å². The first-order valence-corrected chi connectivity index (χ1v) is 6.30. The maximum absolute atomic E-state index is 10.3. The number of aliphatic carboxylic acids is 1. The van der Waals surface area contributed by atoms with E-state index in [1.807, 2.05) is 12.1 Å². The van der Waals surface area contributed by atoms with E-state index in [1.165, 1.54) is 23.1 Å². The molecule has 1 heterocycles. The van der Waals surface area contributed by atoms with Crippen molar-refractivity contribution in [2.45, 2.75) is 11.8 Å². The molecule has 0 saturated carbocycles. The van der Waals surface area contributed by atoms with Crippen LogP contribution < -0.4 is 10.8 Å². The van der Waals surface area contributed by atoms with E-state index in [4.69, 9.17) is 11.6 Å². The fourth-order valence-corrected chi connectivity index (χ4v) is 3.00. The molecule has 0 saturated heterocycles. The van der Waals surface area contributed by atoms with Gasteiger partial charge in [0.25, 0.3) is 0 Å². The molecule has 0 aliphatic rings. The van der Waals surface area contributed by atoms with Crippen LogP contribution in [0.2, 0.25) is 4.34 Å². The summed E-state index contributed by atoms with van der Waals surface area (Å²) in [6.07, 6.45) is 0. The number of carboxylic acid groups (broad SMARTS) is 1. The van der Waals surface area contributed by atoms with E-state index >= 15 is 0 Å². The van der Waals surface area contributed by atoms with E-state index in [0.717, 1.165) is 15.0 Å². The number of thiophene rings is 1. The van der Waals surface area contributed by atoms with Gasteiger partial charge in [0.2, 0.25) is 0 Å². The number of thioether (sulfide) groups is 1. The zero-order valence-electron chi connectivity index (χ0n) is 7.36. The number of carboxylic acids is 1. The lowest BCUT2D eigenvalue weighted by Gasteiger charge is -2.07. The third-order valence-electron chi connectivity index (χ3n) is 1.53. The molecule has 0 amide bonds. The normalized spacial score (nSPS) is 12.7. The Labute approximate surface area is 95.3 Å². The lowest BCUT2D eigenvalue weighted by molar-refractivity contribution is -0.431. The Morgan fingerprint density at radius 3 is 2.93 bits per heavy atom. The third kappa shape index (κ3) is 3.88. The van der Waals surface area contributed by atoms with Crippen LogP contribution in [0, 0.1) is 0 Å². The fourth-order valence-electron chi connectivity index (χ4n) is 0.799. The monoisotopic (exact) mass is 251 g/mol. The van der Waals surface area contributed by atoms with Crippen LogP contribution in [0.25, 0.3) is 0 Å². The van der Waals surface area contributed by atoms with E-state index in [0.29, 0.717) is 5.75 Å². The van der Waals surface area contributed by atoms with Crippen molar-refractivity contribution in [1.82, 2.24) is 0 Å². The van der Waals surface area contributed by atoms with Crippen molar-refractivity contribution in [3.63, 3.8) is 0 Å². The van der Waals surface area contributed by atoms with Crippen molar-refractivity contribution in [1.29, 1.82) is 0 Å². The smallest absolute Gasteiger partial charge is 0.134 e. The lowest BCUT2D eigenvalue weighted by Crippen LogP contribution is -2.69. The minimum Gasteiger partial charge on any atom is -0.544 e. The molecule has 0 fully saturated rings. The van der Waals surface area contributed by atoms with Crippen molar-refractivity contribution in [3.8, 4) is 0 Å². The molecule has 1 rings (SSSR count). The van der Waals surface area contributed by atoms with Gasteiger partial charge in [-0.05, 0) is 12.1 Å². The van der Waals surface area contributed by atoms with Crippen molar-refractivity contribution in [2.24, 2.45) is 0 Å². The van der Waals surface area contributed by atoms with Gasteiger partial charge in [-0.15, -0.1) is 23.1 Å². The van der Waals surface area contributed by atoms with Gasteiger partial charge < -0.3 is 15.6 Å². The summed E-state index contributed by atoms with van der Waals surface area (Å²) in [4.78, 5) is 11.5. The first-order valence-electron chi connectivity index (χ1n) is 3.95. The van der Waals surface area contributed by atoms with Crippen LogP contribution in [0.1, 0.15) is 4.88 Å². The molecule has 6 heteroatoms. The van der Waals surface area contributed by atoms with E-state index in [9.17, 15) is 9.90 Å². The molecule has 3 N–H and O–H groups in total. The SMILES string of the molecule is [NH3+][C@@H](CSCc1ccc(Cl)s1)C(=O)[O-]. The van der Waals surface area contributed by atoms with Gasteiger partial charge in [-0.2, -0.15) is 0 Å². The molecule has 1 atom stereocenters. The number of hydrogen-bond donors (Lipinski definition) is 1. The average Bonchev–Trinajstić information content (AvgIpc) is 2.51. The first-order chi connectivity index (χ1) is 6.59. The number of quaternary nitrogens is 1. The molecule has 1 aromatic rings. The molecule has 0 radical (unpaired) electrons. The Morgan fingerprint density at radius 2 is 2.43 bits per heavy atom. The van der Waals surface area contributed by atoms with Crippen molar-refractivity contribution in [3.05, 3.63) is 21.3 Å². The minimum atomic E-state index is -1.10. The number of carbonyl (C=O) groups is 1. The molecule has 0 unspecified atom stereocenters. The molecule has 0 aliphatic carbocycles. The number of carbonyl (C=O) groups excluding carboxylic acids is 1. The van der Waals surface area contributed by atoms with Gasteiger partial charge in [-0.3, -0.25) is 0 Å². The molecule has 3 nitrogen and oxygen atoms in total. The summed E-state index contributed by atoms with van der Waals surface area (Å²) in [5, 5.41) is 10.3. The quantitative estimate of drug-likeness (QED) is 0.801. The van der Waals surface area contributed by atoms with Gasteiger partial charge in [-0.25, -0.2) is 0 Å². The second-order valence-electron chi connectivity index (χ2n) is 2.74. The summed E-state index contributed by atoms with van der Waals surface area (Å²) in [6, 6.07) is 3.13. The average molecular weight is 252 g/mol. The Balaban J connectivity index is 2.25. The van der Waals surface area contributed by atoms with Crippen molar-refractivity contribution in [2.75, 3.05) is 5.75 Å². The molecule has 0 aromatic carbocycles. The molecule has 0 aliphatic heterocycles. The highest BCUT2D eigenvalue weighted by molar-refractivity contribution is 7.98. The van der Waals surface area contributed by atoms with E-state index < -0.39 is 12.0 Å². The molecule has 1 aromatic heterocycles. The van der Waals surface area contributed by atoms with Crippen LogP contribution in [0.15, 0.2) is 12.1 Å². The van der Waals surface area contributed by atoms with Gasteiger partial charge in [0.1, 0.15) is 6.04 Å². The predicted octanol–water partition coefficient (Wildman–Crippen LogP) is -0.00490. The Bertz CT molecular complexity index is 316. The molecule has 0 spiro atoms. The van der Waals surface area contributed by atoms with Crippen LogP contribution in [0.3, 0.4) is 0 Å². The lowest BCUT2D eigenvalue weighted by atomic mass is 10.4. The minimum absolute atomic E-state index is 0.470. The highest BCUT2D eigenvalue weighted by Gasteiger charge is 2.07. The zero-order valence-corrected chi connectivity index (χ0v) is 9.75. The van der Waals surface area contributed by atoms with Crippen molar-refractivity contribution < 1.29 is 15.6 Å². The van der Waals surface area contributed by atoms with Crippen LogP contribution in [0.4, 0.5) is 0 Å². The standard InChI is InChI=1S/C8H10ClNO2S2/c9-7-2-1-5(14-7)3-13-4-6(10)8(11)12/h1-2,6H,3-4,10H2,(H,11,12)/t6-/m0/s1. The Hall–Kier alpha value is -0.230.